The third kappa shape index (κ3) is 1.84. The number of benzene rings is 1. The Kier molecular flexibility index (Phi) is 2.58. The molecule has 3 aromatic heterocycles. The van der Waals surface area contributed by atoms with Gasteiger partial charge in [-0.25, -0.2) is 9.97 Å². The second-order valence-electron chi connectivity index (χ2n) is 4.55. The van der Waals surface area contributed by atoms with Gasteiger partial charge in [0, 0.05) is 5.39 Å². The van der Waals surface area contributed by atoms with E-state index >= 15 is 0 Å². The van der Waals surface area contributed by atoms with Crippen molar-refractivity contribution in [2.24, 2.45) is 0 Å². The van der Waals surface area contributed by atoms with Gasteiger partial charge in [-0.3, -0.25) is 0 Å². The third-order valence-electron chi connectivity index (χ3n) is 3.35. The quantitative estimate of drug-likeness (QED) is 0.557. The maximum absolute atomic E-state index is 5.97. The molecule has 0 bridgehead atoms. The van der Waals surface area contributed by atoms with Crippen LogP contribution in [0.5, 0.6) is 5.75 Å². The van der Waals surface area contributed by atoms with E-state index in [1.54, 1.807) is 13.4 Å². The monoisotopic (exact) mass is 299 g/mol. The standard InChI is InChI=1S/C14H10ClN5O/c1-21-9-4-2-3-7-5-8(18-10(7)9)11-12-13(17-6-16-12)20-14(15)19-11/h2-6,18H,1H3,(H,16,17,19,20). The molecule has 3 heterocycles. The van der Waals surface area contributed by atoms with Crippen molar-refractivity contribution >= 4 is 33.7 Å². The largest absolute Gasteiger partial charge is 0.495 e. The summed E-state index contributed by atoms with van der Waals surface area (Å²) in [5.74, 6) is 0.778. The number of imidazole rings is 1. The molecule has 0 fully saturated rings. The number of halogens is 1. The van der Waals surface area contributed by atoms with Gasteiger partial charge in [0.1, 0.15) is 17.0 Å². The van der Waals surface area contributed by atoms with Crippen molar-refractivity contribution in [3.8, 4) is 17.1 Å². The van der Waals surface area contributed by atoms with Crippen LogP contribution >= 0.6 is 11.6 Å². The molecule has 2 N–H and O–H groups in total. The lowest BCUT2D eigenvalue weighted by Gasteiger charge is -2.01. The average molecular weight is 300 g/mol. The molecule has 0 aliphatic rings. The molecule has 0 aliphatic heterocycles. The summed E-state index contributed by atoms with van der Waals surface area (Å²) >= 11 is 5.97. The van der Waals surface area contributed by atoms with Gasteiger partial charge in [-0.1, -0.05) is 12.1 Å². The lowest BCUT2D eigenvalue weighted by Crippen LogP contribution is -1.91. The number of para-hydroxylation sites is 1. The molecule has 0 saturated heterocycles. The van der Waals surface area contributed by atoms with Gasteiger partial charge in [-0.05, 0) is 23.7 Å². The van der Waals surface area contributed by atoms with Crippen molar-refractivity contribution in [2.45, 2.75) is 0 Å². The van der Waals surface area contributed by atoms with Crippen LogP contribution in [-0.2, 0) is 0 Å². The average Bonchev–Trinajstić information content (AvgIpc) is 3.11. The molecule has 0 spiro atoms. The van der Waals surface area contributed by atoms with Crippen molar-refractivity contribution in [1.82, 2.24) is 24.9 Å². The second-order valence-corrected chi connectivity index (χ2v) is 4.89. The minimum Gasteiger partial charge on any atom is -0.495 e. The Hall–Kier alpha value is -2.60. The van der Waals surface area contributed by atoms with E-state index in [9.17, 15) is 0 Å². The van der Waals surface area contributed by atoms with Crippen LogP contribution in [0.3, 0.4) is 0 Å². The number of fused-ring (bicyclic) bond motifs is 2. The highest BCUT2D eigenvalue weighted by Crippen LogP contribution is 2.31. The Bertz CT molecular complexity index is 958. The molecule has 0 atom stereocenters. The molecule has 0 saturated carbocycles. The van der Waals surface area contributed by atoms with Crippen LogP contribution in [0.4, 0.5) is 0 Å². The number of hydrogen-bond donors (Lipinski definition) is 2. The van der Waals surface area contributed by atoms with Gasteiger partial charge in [-0.15, -0.1) is 0 Å². The Morgan fingerprint density at radius 1 is 1.19 bits per heavy atom. The summed E-state index contributed by atoms with van der Waals surface area (Å²) in [4.78, 5) is 18.9. The van der Waals surface area contributed by atoms with Gasteiger partial charge in [0.25, 0.3) is 0 Å². The summed E-state index contributed by atoms with van der Waals surface area (Å²) in [7, 11) is 1.64. The van der Waals surface area contributed by atoms with Gasteiger partial charge < -0.3 is 14.7 Å². The molecule has 6 nitrogen and oxygen atoms in total. The van der Waals surface area contributed by atoms with E-state index in [4.69, 9.17) is 16.3 Å². The smallest absolute Gasteiger partial charge is 0.225 e. The molecular weight excluding hydrogens is 290 g/mol. The van der Waals surface area contributed by atoms with Gasteiger partial charge in [0.15, 0.2) is 5.65 Å². The maximum atomic E-state index is 5.97. The summed E-state index contributed by atoms with van der Waals surface area (Å²) in [6.07, 6.45) is 1.57. The fourth-order valence-corrected chi connectivity index (χ4v) is 2.59. The van der Waals surface area contributed by atoms with Gasteiger partial charge in [0.05, 0.1) is 24.6 Å². The first-order valence-corrected chi connectivity index (χ1v) is 6.67. The SMILES string of the molecule is COc1cccc2cc(-c3nc(Cl)nc4nc[nH]c34)[nH]c12. The molecular formula is C14H10ClN5O. The number of ether oxygens (including phenoxy) is 1. The number of methoxy groups -OCH3 is 1. The highest BCUT2D eigenvalue weighted by Gasteiger charge is 2.14. The van der Waals surface area contributed by atoms with Crippen LogP contribution < -0.4 is 4.74 Å². The minimum absolute atomic E-state index is 0.162. The fourth-order valence-electron chi connectivity index (χ4n) is 2.43. The lowest BCUT2D eigenvalue weighted by molar-refractivity contribution is 0.419. The zero-order chi connectivity index (χ0) is 14.4. The number of nitrogens with one attached hydrogen (secondary N) is 2. The van der Waals surface area contributed by atoms with Crippen molar-refractivity contribution < 1.29 is 4.74 Å². The first-order chi connectivity index (χ1) is 10.3. The number of H-pyrrole nitrogens is 2. The van der Waals surface area contributed by atoms with Crippen LogP contribution in [0.15, 0.2) is 30.6 Å². The van der Waals surface area contributed by atoms with Crippen LogP contribution in [-0.4, -0.2) is 32.0 Å². The molecule has 0 unspecified atom stereocenters. The zero-order valence-electron chi connectivity index (χ0n) is 11.0. The predicted molar refractivity (Wildman–Crippen MR) is 80.5 cm³/mol. The second kappa shape index (κ2) is 4.46. The number of hydrogen-bond acceptors (Lipinski definition) is 4. The van der Waals surface area contributed by atoms with Crippen molar-refractivity contribution in [3.05, 3.63) is 35.9 Å². The van der Waals surface area contributed by atoms with E-state index in [1.165, 1.54) is 0 Å². The summed E-state index contributed by atoms with van der Waals surface area (Å²) in [6, 6.07) is 7.85. The normalized spacial score (nSPS) is 11.3. The van der Waals surface area contributed by atoms with Gasteiger partial charge >= 0.3 is 0 Å². The summed E-state index contributed by atoms with van der Waals surface area (Å²) in [6.45, 7) is 0. The summed E-state index contributed by atoms with van der Waals surface area (Å²) in [5.41, 5.74) is 3.70. The molecule has 0 radical (unpaired) electrons. The van der Waals surface area contributed by atoms with Crippen LogP contribution in [0.25, 0.3) is 33.5 Å². The summed E-state index contributed by atoms with van der Waals surface area (Å²) in [5, 5.41) is 1.20. The Morgan fingerprint density at radius 2 is 2.10 bits per heavy atom. The number of aromatic amines is 2. The van der Waals surface area contributed by atoms with Crippen molar-refractivity contribution in [3.63, 3.8) is 0 Å². The van der Waals surface area contributed by atoms with E-state index in [0.717, 1.165) is 27.9 Å². The number of nitrogens with zero attached hydrogens (tertiary/aromatic N) is 3. The highest BCUT2D eigenvalue weighted by atomic mass is 35.5. The van der Waals surface area contributed by atoms with Crippen LogP contribution in [0.2, 0.25) is 5.28 Å². The van der Waals surface area contributed by atoms with E-state index in [2.05, 4.69) is 24.9 Å². The third-order valence-corrected chi connectivity index (χ3v) is 3.52. The molecule has 0 aliphatic carbocycles. The van der Waals surface area contributed by atoms with Gasteiger partial charge in [0.2, 0.25) is 5.28 Å². The number of aromatic nitrogens is 5. The predicted octanol–water partition coefficient (Wildman–Crippen LogP) is 3.16. The topological polar surface area (TPSA) is 79.5 Å². The zero-order valence-corrected chi connectivity index (χ0v) is 11.8. The molecule has 104 valence electrons. The van der Waals surface area contributed by atoms with Crippen LogP contribution in [0, 0.1) is 0 Å². The highest BCUT2D eigenvalue weighted by molar-refractivity contribution is 6.28. The molecule has 4 rings (SSSR count). The van der Waals surface area contributed by atoms with Crippen LogP contribution in [0.1, 0.15) is 0 Å². The Balaban J connectivity index is 2.02. The minimum atomic E-state index is 0.162. The van der Waals surface area contributed by atoms with E-state index in [1.807, 2.05) is 24.3 Å². The molecule has 1 aromatic carbocycles. The van der Waals surface area contributed by atoms with Crippen molar-refractivity contribution in [2.75, 3.05) is 7.11 Å². The maximum Gasteiger partial charge on any atom is 0.225 e. The molecule has 4 aromatic rings. The molecule has 21 heavy (non-hydrogen) atoms. The Labute approximate surface area is 124 Å². The number of rotatable bonds is 2. The van der Waals surface area contributed by atoms with Crippen molar-refractivity contribution in [1.29, 1.82) is 0 Å². The van der Waals surface area contributed by atoms with E-state index in [-0.39, 0.29) is 5.28 Å². The molecule has 0 amide bonds. The first-order valence-electron chi connectivity index (χ1n) is 6.29. The Morgan fingerprint density at radius 3 is 2.95 bits per heavy atom. The van der Waals surface area contributed by atoms with E-state index < -0.39 is 0 Å². The first kappa shape index (κ1) is 12.2. The summed E-state index contributed by atoms with van der Waals surface area (Å²) < 4.78 is 5.36. The molecule has 7 heteroatoms. The lowest BCUT2D eigenvalue weighted by atomic mass is 10.2. The van der Waals surface area contributed by atoms with E-state index in [0.29, 0.717) is 11.3 Å². The fraction of sp³-hybridized carbons (Fsp3) is 0.0714. The van der Waals surface area contributed by atoms with Gasteiger partial charge in [-0.2, -0.15) is 4.98 Å².